The molecule has 0 bridgehead atoms. The number of rotatable bonds is 9. The van der Waals surface area contributed by atoms with Gasteiger partial charge in [-0.1, -0.05) is 25.1 Å². The summed E-state index contributed by atoms with van der Waals surface area (Å²) in [6.45, 7) is 5.54. The number of amides is 1. The van der Waals surface area contributed by atoms with Crippen LogP contribution in [0.2, 0.25) is 0 Å². The van der Waals surface area contributed by atoms with Crippen molar-refractivity contribution >= 4 is 46.5 Å². The van der Waals surface area contributed by atoms with Crippen LogP contribution in [0.15, 0.2) is 65.0 Å². The second kappa shape index (κ2) is 10.7. The van der Waals surface area contributed by atoms with E-state index in [-0.39, 0.29) is 34.6 Å². The standard InChI is InChI=1S/C24H22N2O7S/c1-3-11-26-21(28)20(12-14-5-8-16(9-6-14)33-19(4-2)23(31)32)34-24(26)25-18-10-7-15(27)13-17(18)22(29)30/h3,5-10,12-13,19,27H,1,4,11H2,2H3,(H,29,30)(H,31,32)/b20-12-,25-24?. The molecule has 34 heavy (non-hydrogen) atoms. The van der Waals surface area contributed by atoms with Gasteiger partial charge in [0, 0.05) is 6.54 Å². The number of aromatic hydroxyl groups is 1. The summed E-state index contributed by atoms with van der Waals surface area (Å²) in [6, 6.07) is 10.4. The van der Waals surface area contributed by atoms with Gasteiger partial charge in [0.05, 0.1) is 16.2 Å². The zero-order valence-electron chi connectivity index (χ0n) is 18.2. The number of carbonyl (C=O) groups is 3. The third-order valence-electron chi connectivity index (χ3n) is 4.73. The number of carbonyl (C=O) groups excluding carboxylic acids is 1. The maximum atomic E-state index is 13.0. The molecule has 10 heteroatoms. The molecule has 0 spiro atoms. The normalized spacial score (nSPS) is 16.6. The average Bonchev–Trinajstić information content (AvgIpc) is 3.08. The van der Waals surface area contributed by atoms with Crippen LogP contribution in [-0.4, -0.2) is 55.9 Å². The topological polar surface area (TPSA) is 137 Å². The molecule has 1 fully saturated rings. The molecule has 3 N–H and O–H groups in total. The summed E-state index contributed by atoms with van der Waals surface area (Å²) < 4.78 is 5.45. The summed E-state index contributed by atoms with van der Waals surface area (Å²) in [7, 11) is 0. The van der Waals surface area contributed by atoms with E-state index in [9.17, 15) is 24.6 Å². The second-order valence-electron chi connectivity index (χ2n) is 7.14. The molecule has 1 saturated heterocycles. The van der Waals surface area contributed by atoms with Gasteiger partial charge in [-0.3, -0.25) is 9.69 Å². The number of hydrogen-bond acceptors (Lipinski definition) is 7. The van der Waals surface area contributed by atoms with Crippen LogP contribution in [0.4, 0.5) is 5.69 Å². The fourth-order valence-corrected chi connectivity index (χ4v) is 4.04. The maximum Gasteiger partial charge on any atom is 0.344 e. The first-order chi connectivity index (χ1) is 16.2. The van der Waals surface area contributed by atoms with Crippen molar-refractivity contribution in [3.8, 4) is 11.5 Å². The predicted octanol–water partition coefficient (Wildman–Crippen LogP) is 4.12. The number of benzene rings is 2. The number of amidine groups is 1. The van der Waals surface area contributed by atoms with Crippen LogP contribution in [0.1, 0.15) is 29.3 Å². The molecule has 0 aliphatic carbocycles. The maximum absolute atomic E-state index is 13.0. The van der Waals surface area contributed by atoms with E-state index in [0.717, 1.165) is 17.8 Å². The first-order valence-corrected chi connectivity index (χ1v) is 11.0. The molecule has 1 aliphatic rings. The summed E-state index contributed by atoms with van der Waals surface area (Å²) >= 11 is 1.08. The van der Waals surface area contributed by atoms with Crippen LogP contribution in [0.3, 0.4) is 0 Å². The van der Waals surface area contributed by atoms with Gasteiger partial charge in [0.15, 0.2) is 11.3 Å². The number of aliphatic carboxylic acids is 1. The highest BCUT2D eigenvalue weighted by atomic mass is 32.2. The molecule has 3 rings (SSSR count). The first kappa shape index (κ1) is 24.6. The van der Waals surface area contributed by atoms with E-state index in [1.807, 2.05) is 0 Å². The third-order valence-corrected chi connectivity index (χ3v) is 5.74. The molecule has 176 valence electrons. The Bertz CT molecular complexity index is 1190. The largest absolute Gasteiger partial charge is 0.508 e. The number of nitrogens with zero attached hydrogens (tertiary/aromatic N) is 2. The fraction of sp³-hybridized carbons (Fsp3) is 0.167. The average molecular weight is 483 g/mol. The number of thioether (sulfide) groups is 1. The van der Waals surface area contributed by atoms with E-state index in [0.29, 0.717) is 22.6 Å². The Morgan fingerprint density at radius 2 is 1.91 bits per heavy atom. The van der Waals surface area contributed by atoms with Crippen LogP contribution < -0.4 is 4.74 Å². The van der Waals surface area contributed by atoms with Crippen molar-refractivity contribution in [1.29, 1.82) is 0 Å². The van der Waals surface area contributed by atoms with Crippen molar-refractivity contribution in [1.82, 2.24) is 4.90 Å². The summed E-state index contributed by atoms with van der Waals surface area (Å²) in [4.78, 5) is 41.7. The number of aromatic carboxylic acids is 1. The highest BCUT2D eigenvalue weighted by molar-refractivity contribution is 8.18. The molecular formula is C24H22N2O7S. The lowest BCUT2D eigenvalue weighted by Crippen LogP contribution is -2.29. The van der Waals surface area contributed by atoms with Gasteiger partial charge in [-0.15, -0.1) is 6.58 Å². The fourth-order valence-electron chi connectivity index (χ4n) is 3.04. The summed E-state index contributed by atoms with van der Waals surface area (Å²) in [5.41, 5.74) is 0.586. The summed E-state index contributed by atoms with van der Waals surface area (Å²) in [5.74, 6) is -2.44. The highest BCUT2D eigenvalue weighted by Crippen LogP contribution is 2.35. The Balaban J connectivity index is 1.89. The van der Waals surface area contributed by atoms with Crippen molar-refractivity contribution in [3.05, 3.63) is 71.2 Å². The molecule has 0 aromatic heterocycles. The number of phenols is 1. The van der Waals surface area contributed by atoms with Crippen molar-refractivity contribution in [2.24, 2.45) is 4.99 Å². The molecule has 1 atom stereocenters. The Morgan fingerprint density at radius 3 is 2.50 bits per heavy atom. The molecule has 2 aromatic rings. The van der Waals surface area contributed by atoms with Gasteiger partial charge in [-0.2, -0.15) is 0 Å². The van der Waals surface area contributed by atoms with Crippen LogP contribution in [0.25, 0.3) is 6.08 Å². The molecule has 0 saturated carbocycles. The number of phenolic OH excluding ortho intramolecular Hbond substituents is 1. The van der Waals surface area contributed by atoms with Crippen LogP contribution in [0, 0.1) is 0 Å². The minimum Gasteiger partial charge on any atom is -0.508 e. The second-order valence-corrected chi connectivity index (χ2v) is 8.15. The molecule has 0 radical (unpaired) electrons. The lowest BCUT2D eigenvalue weighted by molar-refractivity contribution is -0.145. The third kappa shape index (κ3) is 5.65. The smallest absolute Gasteiger partial charge is 0.344 e. The van der Waals surface area contributed by atoms with Gasteiger partial charge in [-0.05, 0) is 60.2 Å². The van der Waals surface area contributed by atoms with Gasteiger partial charge in [0.2, 0.25) is 0 Å². The molecule has 1 aliphatic heterocycles. The van der Waals surface area contributed by atoms with Gasteiger partial charge in [0.25, 0.3) is 5.91 Å². The lowest BCUT2D eigenvalue weighted by atomic mass is 10.2. The summed E-state index contributed by atoms with van der Waals surface area (Å²) in [6.07, 6.45) is 2.56. The van der Waals surface area contributed by atoms with E-state index in [1.54, 1.807) is 37.3 Å². The van der Waals surface area contributed by atoms with Gasteiger partial charge < -0.3 is 20.1 Å². The number of hydrogen-bond donors (Lipinski definition) is 3. The van der Waals surface area contributed by atoms with Gasteiger partial charge in [-0.25, -0.2) is 14.6 Å². The first-order valence-electron chi connectivity index (χ1n) is 10.2. The molecule has 1 amide bonds. The van der Waals surface area contributed by atoms with Crippen molar-refractivity contribution < 1.29 is 34.4 Å². The van der Waals surface area contributed by atoms with E-state index in [1.165, 1.54) is 23.1 Å². The van der Waals surface area contributed by atoms with Crippen molar-refractivity contribution in [2.45, 2.75) is 19.4 Å². The molecule has 1 unspecified atom stereocenters. The van der Waals surface area contributed by atoms with E-state index in [2.05, 4.69) is 11.6 Å². The van der Waals surface area contributed by atoms with Crippen LogP contribution in [-0.2, 0) is 9.59 Å². The monoisotopic (exact) mass is 482 g/mol. The summed E-state index contributed by atoms with van der Waals surface area (Å²) in [5, 5.41) is 28.4. The Morgan fingerprint density at radius 1 is 1.21 bits per heavy atom. The Kier molecular flexibility index (Phi) is 7.75. The highest BCUT2D eigenvalue weighted by Gasteiger charge is 2.33. The lowest BCUT2D eigenvalue weighted by Gasteiger charge is -2.13. The molecule has 1 heterocycles. The van der Waals surface area contributed by atoms with E-state index in [4.69, 9.17) is 9.84 Å². The SMILES string of the molecule is C=CCN1C(=O)/C(=C/c2ccc(OC(CC)C(=O)O)cc2)SC1=Nc1ccc(O)cc1C(=O)O. The van der Waals surface area contributed by atoms with Crippen LogP contribution in [0.5, 0.6) is 11.5 Å². The quantitative estimate of drug-likeness (QED) is 0.359. The molecule has 2 aromatic carbocycles. The van der Waals surface area contributed by atoms with E-state index < -0.39 is 18.0 Å². The zero-order chi connectivity index (χ0) is 24.8. The number of aliphatic imine (C=N–C) groups is 1. The van der Waals surface area contributed by atoms with Gasteiger partial charge in [0.1, 0.15) is 11.5 Å². The Hall–Kier alpha value is -4.05. The molecule has 9 nitrogen and oxygen atoms in total. The Labute approximate surface area is 199 Å². The predicted molar refractivity (Wildman–Crippen MR) is 128 cm³/mol. The number of carboxylic acid groups (broad SMARTS) is 2. The minimum absolute atomic E-state index is 0.0984. The zero-order valence-corrected chi connectivity index (χ0v) is 19.0. The van der Waals surface area contributed by atoms with Crippen molar-refractivity contribution in [2.75, 3.05) is 6.54 Å². The van der Waals surface area contributed by atoms with E-state index >= 15 is 0 Å². The number of ether oxygens (including phenoxy) is 1. The van der Waals surface area contributed by atoms with Crippen LogP contribution >= 0.6 is 11.8 Å². The van der Waals surface area contributed by atoms with Crippen molar-refractivity contribution in [3.63, 3.8) is 0 Å². The number of carboxylic acids is 2. The van der Waals surface area contributed by atoms with Gasteiger partial charge >= 0.3 is 11.9 Å². The molecular weight excluding hydrogens is 460 g/mol. The minimum atomic E-state index is -1.26.